The van der Waals surface area contributed by atoms with Crippen molar-refractivity contribution in [2.24, 2.45) is 0 Å². The maximum atomic E-state index is 3.77. The predicted octanol–water partition coefficient (Wildman–Crippen LogP) is 3.61. The number of rotatable bonds is 5. The fraction of sp³-hybridized carbons (Fsp3) is 0.368. The zero-order chi connectivity index (χ0) is 14.5. The summed E-state index contributed by atoms with van der Waals surface area (Å²) in [6.45, 7) is 5.66. The van der Waals surface area contributed by atoms with Crippen LogP contribution in [0.5, 0.6) is 0 Å². The van der Waals surface area contributed by atoms with Crippen molar-refractivity contribution in [2.75, 3.05) is 13.1 Å². The lowest BCUT2D eigenvalue weighted by atomic mass is 10.1. The normalized spacial score (nSPS) is 20.5. The van der Waals surface area contributed by atoms with Gasteiger partial charge in [-0.15, -0.1) is 0 Å². The average Bonchev–Trinajstić information content (AvgIpc) is 2.96. The highest BCUT2D eigenvalue weighted by Crippen LogP contribution is 2.18. The molecule has 0 saturated carbocycles. The lowest BCUT2D eigenvalue weighted by molar-refractivity contribution is 0.316. The monoisotopic (exact) mass is 280 g/mol. The van der Waals surface area contributed by atoms with E-state index in [1.807, 2.05) is 0 Å². The minimum Gasteiger partial charge on any atom is -0.306 e. The Labute approximate surface area is 127 Å². The molecular formula is C19H24N2. The highest BCUT2D eigenvalue weighted by Gasteiger charge is 2.23. The molecule has 0 radical (unpaired) electrons. The number of benzene rings is 2. The molecule has 2 aromatic carbocycles. The van der Waals surface area contributed by atoms with E-state index in [9.17, 15) is 0 Å². The molecule has 2 nitrogen and oxygen atoms in total. The van der Waals surface area contributed by atoms with E-state index in [1.165, 1.54) is 24.1 Å². The summed E-state index contributed by atoms with van der Waals surface area (Å²) in [5.41, 5.74) is 2.79. The van der Waals surface area contributed by atoms with Crippen LogP contribution in [0.25, 0.3) is 0 Å². The van der Waals surface area contributed by atoms with Crippen LogP contribution in [0, 0.1) is 0 Å². The van der Waals surface area contributed by atoms with Gasteiger partial charge in [-0.25, -0.2) is 0 Å². The minimum atomic E-state index is 0.424. The maximum absolute atomic E-state index is 3.77. The van der Waals surface area contributed by atoms with E-state index >= 15 is 0 Å². The molecule has 1 aliphatic heterocycles. The molecule has 1 aliphatic rings. The number of nitrogens with one attached hydrogen (secondary N) is 1. The summed E-state index contributed by atoms with van der Waals surface area (Å²) in [5.74, 6) is 0. The summed E-state index contributed by atoms with van der Waals surface area (Å²) < 4.78 is 0. The van der Waals surface area contributed by atoms with Crippen LogP contribution in [0.1, 0.15) is 30.5 Å². The first kappa shape index (κ1) is 14.3. The molecule has 1 N–H and O–H groups in total. The van der Waals surface area contributed by atoms with Crippen molar-refractivity contribution < 1.29 is 0 Å². The Balaban J connectivity index is 1.51. The van der Waals surface area contributed by atoms with E-state index in [4.69, 9.17) is 0 Å². The van der Waals surface area contributed by atoms with Crippen molar-refractivity contribution in [1.29, 1.82) is 0 Å². The van der Waals surface area contributed by atoms with Crippen LogP contribution in [-0.4, -0.2) is 24.0 Å². The molecule has 0 bridgehead atoms. The lowest BCUT2D eigenvalue weighted by Crippen LogP contribution is -2.34. The van der Waals surface area contributed by atoms with Gasteiger partial charge in [-0.05, 0) is 24.5 Å². The third-order valence-electron chi connectivity index (χ3n) is 4.31. The van der Waals surface area contributed by atoms with Crippen LogP contribution in [0.2, 0.25) is 0 Å². The molecule has 1 fully saturated rings. The van der Waals surface area contributed by atoms with Crippen molar-refractivity contribution in [2.45, 2.75) is 32.0 Å². The molecule has 21 heavy (non-hydrogen) atoms. The zero-order valence-corrected chi connectivity index (χ0v) is 12.7. The second-order valence-electron chi connectivity index (χ2n) is 6.01. The number of likely N-dealkylation sites (tertiary alicyclic amines) is 1. The fourth-order valence-electron chi connectivity index (χ4n) is 3.15. The van der Waals surface area contributed by atoms with E-state index in [0.717, 1.165) is 13.1 Å². The predicted molar refractivity (Wildman–Crippen MR) is 88.1 cm³/mol. The summed E-state index contributed by atoms with van der Waals surface area (Å²) >= 11 is 0. The third kappa shape index (κ3) is 3.93. The van der Waals surface area contributed by atoms with Gasteiger partial charge in [-0.1, -0.05) is 60.7 Å². The minimum absolute atomic E-state index is 0.424. The van der Waals surface area contributed by atoms with Gasteiger partial charge in [0.2, 0.25) is 0 Å². The van der Waals surface area contributed by atoms with Crippen LogP contribution in [0.15, 0.2) is 60.7 Å². The van der Waals surface area contributed by atoms with Crippen molar-refractivity contribution >= 4 is 0 Å². The van der Waals surface area contributed by atoms with Gasteiger partial charge >= 0.3 is 0 Å². The summed E-state index contributed by atoms with van der Waals surface area (Å²) in [7, 11) is 0. The van der Waals surface area contributed by atoms with Crippen LogP contribution in [0.4, 0.5) is 0 Å². The van der Waals surface area contributed by atoms with Crippen molar-refractivity contribution in [3.05, 3.63) is 71.8 Å². The molecule has 0 spiro atoms. The standard InChI is InChI=1S/C19H24N2/c1-16(18-10-6-3-7-11-18)20-19-12-13-21(15-19)14-17-8-4-2-5-9-17/h2-11,16,19-20H,12-15H2,1H3/t16-,19-/m1/s1. The summed E-state index contributed by atoms with van der Waals surface area (Å²) in [6.07, 6.45) is 1.24. The van der Waals surface area contributed by atoms with Gasteiger partial charge in [0, 0.05) is 31.7 Å². The van der Waals surface area contributed by atoms with Gasteiger partial charge < -0.3 is 5.32 Å². The van der Waals surface area contributed by atoms with Crippen LogP contribution in [0.3, 0.4) is 0 Å². The van der Waals surface area contributed by atoms with Gasteiger partial charge in [0.1, 0.15) is 0 Å². The van der Waals surface area contributed by atoms with E-state index < -0.39 is 0 Å². The molecule has 0 aliphatic carbocycles. The average molecular weight is 280 g/mol. The van der Waals surface area contributed by atoms with Crippen LogP contribution in [-0.2, 0) is 6.54 Å². The molecule has 110 valence electrons. The van der Waals surface area contributed by atoms with Crippen molar-refractivity contribution in [3.63, 3.8) is 0 Å². The third-order valence-corrected chi connectivity index (χ3v) is 4.31. The Morgan fingerprint density at radius 2 is 1.71 bits per heavy atom. The highest BCUT2D eigenvalue weighted by atomic mass is 15.2. The molecule has 0 aromatic heterocycles. The zero-order valence-electron chi connectivity index (χ0n) is 12.7. The molecule has 2 heteroatoms. The van der Waals surface area contributed by atoms with Gasteiger partial charge in [0.25, 0.3) is 0 Å². The van der Waals surface area contributed by atoms with Crippen LogP contribution < -0.4 is 5.32 Å². The quantitative estimate of drug-likeness (QED) is 0.900. The highest BCUT2D eigenvalue weighted by molar-refractivity contribution is 5.18. The SMILES string of the molecule is C[C@@H](N[C@@H]1CCN(Cc2ccccc2)C1)c1ccccc1. The Bertz CT molecular complexity index is 538. The van der Waals surface area contributed by atoms with E-state index in [2.05, 4.69) is 77.8 Å². The van der Waals surface area contributed by atoms with Gasteiger partial charge in [0.05, 0.1) is 0 Å². The summed E-state index contributed by atoms with van der Waals surface area (Å²) in [4.78, 5) is 2.55. The number of nitrogens with zero attached hydrogens (tertiary/aromatic N) is 1. The van der Waals surface area contributed by atoms with Crippen molar-refractivity contribution in [1.82, 2.24) is 10.2 Å². The van der Waals surface area contributed by atoms with Gasteiger partial charge in [-0.3, -0.25) is 4.90 Å². The molecule has 2 atom stereocenters. The fourth-order valence-corrected chi connectivity index (χ4v) is 3.15. The van der Waals surface area contributed by atoms with E-state index in [0.29, 0.717) is 12.1 Å². The summed E-state index contributed by atoms with van der Waals surface area (Å²) in [5, 5.41) is 3.77. The molecule has 0 unspecified atom stereocenters. The molecule has 2 aromatic rings. The lowest BCUT2D eigenvalue weighted by Gasteiger charge is -2.21. The molecule has 1 heterocycles. The van der Waals surface area contributed by atoms with Gasteiger partial charge in [-0.2, -0.15) is 0 Å². The number of hydrogen-bond acceptors (Lipinski definition) is 2. The maximum Gasteiger partial charge on any atom is 0.0294 e. The molecule has 1 saturated heterocycles. The van der Waals surface area contributed by atoms with Crippen molar-refractivity contribution in [3.8, 4) is 0 Å². The second-order valence-corrected chi connectivity index (χ2v) is 6.01. The Kier molecular flexibility index (Phi) is 4.69. The second kappa shape index (κ2) is 6.88. The largest absolute Gasteiger partial charge is 0.306 e. The Hall–Kier alpha value is -1.64. The number of hydrogen-bond donors (Lipinski definition) is 1. The van der Waals surface area contributed by atoms with E-state index in [1.54, 1.807) is 0 Å². The summed E-state index contributed by atoms with van der Waals surface area (Å²) in [6, 6.07) is 22.5. The topological polar surface area (TPSA) is 15.3 Å². The first-order valence-corrected chi connectivity index (χ1v) is 7.88. The molecule has 3 rings (SSSR count). The molecular weight excluding hydrogens is 256 g/mol. The van der Waals surface area contributed by atoms with E-state index in [-0.39, 0.29) is 0 Å². The Morgan fingerprint density at radius 3 is 2.43 bits per heavy atom. The first-order valence-electron chi connectivity index (χ1n) is 7.88. The van der Waals surface area contributed by atoms with Crippen LogP contribution >= 0.6 is 0 Å². The first-order chi connectivity index (χ1) is 10.3. The van der Waals surface area contributed by atoms with Gasteiger partial charge in [0.15, 0.2) is 0 Å². The smallest absolute Gasteiger partial charge is 0.0294 e. The Morgan fingerprint density at radius 1 is 1.05 bits per heavy atom. The molecule has 0 amide bonds.